The standard InChI is InChI=1S/C21H23N5O/c1-3-15-12-19(24(2)14-20(27)25-10-6-7-11-25)26-18-9-5-4-8-17(18)23-21(26)16(15)13-22/h4-5,8-9,12H,3,6-7,10-11,14H2,1-2H3. The van der Waals surface area contributed by atoms with Gasteiger partial charge in [0, 0.05) is 20.1 Å². The summed E-state index contributed by atoms with van der Waals surface area (Å²) in [6, 6.07) is 12.2. The Morgan fingerprint density at radius 1 is 1.30 bits per heavy atom. The van der Waals surface area contributed by atoms with E-state index in [-0.39, 0.29) is 5.91 Å². The molecule has 1 saturated heterocycles. The number of nitrogens with zero attached hydrogens (tertiary/aromatic N) is 5. The Labute approximate surface area is 158 Å². The van der Waals surface area contributed by atoms with E-state index in [1.165, 1.54) is 0 Å². The van der Waals surface area contributed by atoms with Crippen molar-refractivity contribution in [3.8, 4) is 6.07 Å². The topological polar surface area (TPSA) is 64.6 Å². The summed E-state index contributed by atoms with van der Waals surface area (Å²) in [7, 11) is 1.93. The van der Waals surface area contributed by atoms with Gasteiger partial charge in [-0.05, 0) is 43.0 Å². The number of likely N-dealkylation sites (N-methyl/N-ethyl adjacent to an activating group) is 1. The Bertz CT molecular complexity index is 1060. The Kier molecular flexibility index (Phi) is 4.44. The molecule has 2 aromatic heterocycles. The minimum absolute atomic E-state index is 0.148. The third kappa shape index (κ3) is 2.89. The minimum atomic E-state index is 0.148. The van der Waals surface area contributed by atoms with Crippen molar-refractivity contribution in [2.45, 2.75) is 26.2 Å². The number of carbonyl (C=O) groups excluding carboxylic acids is 1. The number of nitriles is 1. The molecule has 0 radical (unpaired) electrons. The number of carbonyl (C=O) groups is 1. The van der Waals surface area contributed by atoms with Crippen molar-refractivity contribution in [2.75, 3.05) is 31.6 Å². The number of imidazole rings is 1. The van der Waals surface area contributed by atoms with Crippen LogP contribution in [0.25, 0.3) is 16.7 Å². The zero-order chi connectivity index (χ0) is 19.0. The predicted molar refractivity (Wildman–Crippen MR) is 106 cm³/mol. The summed E-state index contributed by atoms with van der Waals surface area (Å²) >= 11 is 0. The first-order valence-electron chi connectivity index (χ1n) is 9.46. The molecular formula is C21H23N5O. The van der Waals surface area contributed by atoms with Gasteiger partial charge < -0.3 is 9.80 Å². The second-order valence-electron chi connectivity index (χ2n) is 7.07. The molecule has 1 aliphatic rings. The Morgan fingerprint density at radius 3 is 2.74 bits per heavy atom. The van der Waals surface area contributed by atoms with Crippen LogP contribution in [0.3, 0.4) is 0 Å². The van der Waals surface area contributed by atoms with Crippen LogP contribution in [0.2, 0.25) is 0 Å². The summed E-state index contributed by atoms with van der Waals surface area (Å²) in [4.78, 5) is 21.3. The van der Waals surface area contributed by atoms with E-state index in [1.54, 1.807) is 0 Å². The summed E-state index contributed by atoms with van der Waals surface area (Å²) in [5.74, 6) is 1.04. The third-order valence-corrected chi connectivity index (χ3v) is 5.35. The van der Waals surface area contributed by atoms with E-state index in [9.17, 15) is 10.1 Å². The molecule has 0 atom stereocenters. The number of rotatable bonds is 4. The van der Waals surface area contributed by atoms with Crippen LogP contribution < -0.4 is 4.90 Å². The number of pyridine rings is 1. The number of aromatic nitrogens is 2. The highest BCUT2D eigenvalue weighted by atomic mass is 16.2. The molecule has 1 aromatic carbocycles. The van der Waals surface area contributed by atoms with Crippen molar-refractivity contribution in [3.05, 3.63) is 41.5 Å². The molecule has 1 aliphatic heterocycles. The van der Waals surface area contributed by atoms with Gasteiger partial charge in [0.25, 0.3) is 0 Å². The number of anilines is 1. The normalized spacial score (nSPS) is 14.0. The number of amides is 1. The molecule has 0 unspecified atom stereocenters. The zero-order valence-corrected chi connectivity index (χ0v) is 15.8. The molecule has 0 spiro atoms. The maximum absolute atomic E-state index is 12.7. The fourth-order valence-electron chi connectivity index (χ4n) is 3.89. The molecule has 3 heterocycles. The number of fused-ring (bicyclic) bond motifs is 3. The van der Waals surface area contributed by atoms with Crippen LogP contribution in [0, 0.1) is 11.3 Å². The maximum atomic E-state index is 12.7. The third-order valence-electron chi connectivity index (χ3n) is 5.35. The number of benzene rings is 1. The van der Waals surface area contributed by atoms with Gasteiger partial charge in [-0.2, -0.15) is 5.26 Å². The average Bonchev–Trinajstić information content (AvgIpc) is 3.34. The number of likely N-dealkylation sites (tertiary alicyclic amines) is 1. The van der Waals surface area contributed by atoms with Gasteiger partial charge in [-0.1, -0.05) is 19.1 Å². The van der Waals surface area contributed by atoms with Crippen molar-refractivity contribution in [1.29, 1.82) is 5.26 Å². The number of hydrogen-bond donors (Lipinski definition) is 0. The molecule has 3 aromatic rings. The van der Waals surface area contributed by atoms with Crippen LogP contribution in [-0.2, 0) is 11.2 Å². The zero-order valence-electron chi connectivity index (χ0n) is 15.8. The molecule has 1 amide bonds. The molecule has 27 heavy (non-hydrogen) atoms. The van der Waals surface area contributed by atoms with Gasteiger partial charge in [0.15, 0.2) is 5.65 Å². The van der Waals surface area contributed by atoms with E-state index in [0.29, 0.717) is 17.8 Å². The lowest BCUT2D eigenvalue weighted by Gasteiger charge is -2.24. The molecular weight excluding hydrogens is 338 g/mol. The van der Waals surface area contributed by atoms with Crippen LogP contribution >= 0.6 is 0 Å². The van der Waals surface area contributed by atoms with Crippen LogP contribution in [0.5, 0.6) is 0 Å². The highest BCUT2D eigenvalue weighted by Gasteiger charge is 2.22. The fourth-order valence-corrected chi connectivity index (χ4v) is 3.89. The van der Waals surface area contributed by atoms with E-state index in [1.807, 2.05) is 58.5 Å². The van der Waals surface area contributed by atoms with Crippen LogP contribution in [0.4, 0.5) is 5.82 Å². The fraction of sp³-hybridized carbons (Fsp3) is 0.381. The summed E-state index contributed by atoms with van der Waals surface area (Å²) in [6.07, 6.45) is 2.91. The van der Waals surface area contributed by atoms with Crippen molar-refractivity contribution in [3.63, 3.8) is 0 Å². The Hall–Kier alpha value is -3.07. The first-order valence-corrected chi connectivity index (χ1v) is 9.46. The first kappa shape index (κ1) is 17.3. The molecule has 1 fully saturated rings. The summed E-state index contributed by atoms with van der Waals surface area (Å²) < 4.78 is 2.00. The lowest BCUT2D eigenvalue weighted by atomic mass is 10.1. The van der Waals surface area contributed by atoms with Gasteiger partial charge in [0.1, 0.15) is 11.9 Å². The number of aryl methyl sites for hydroxylation is 1. The lowest BCUT2D eigenvalue weighted by molar-refractivity contribution is -0.128. The second-order valence-corrected chi connectivity index (χ2v) is 7.07. The predicted octanol–water partition coefficient (Wildman–Crippen LogP) is 2.98. The van der Waals surface area contributed by atoms with Gasteiger partial charge >= 0.3 is 0 Å². The summed E-state index contributed by atoms with van der Waals surface area (Å²) in [6.45, 7) is 4.05. The average molecular weight is 361 g/mol. The van der Waals surface area contributed by atoms with E-state index >= 15 is 0 Å². The SMILES string of the molecule is CCc1cc(N(C)CC(=O)N2CCCC2)n2c(nc3ccccc32)c1C#N. The molecule has 0 N–H and O–H groups in total. The maximum Gasteiger partial charge on any atom is 0.242 e. The lowest BCUT2D eigenvalue weighted by Crippen LogP contribution is -2.37. The summed E-state index contributed by atoms with van der Waals surface area (Å²) in [5, 5.41) is 9.71. The van der Waals surface area contributed by atoms with Gasteiger partial charge in [-0.3, -0.25) is 9.20 Å². The van der Waals surface area contributed by atoms with Crippen molar-refractivity contribution in [1.82, 2.24) is 14.3 Å². The van der Waals surface area contributed by atoms with Crippen molar-refractivity contribution in [2.24, 2.45) is 0 Å². The monoisotopic (exact) mass is 361 g/mol. The highest BCUT2D eigenvalue weighted by Crippen LogP contribution is 2.29. The minimum Gasteiger partial charge on any atom is -0.351 e. The highest BCUT2D eigenvalue weighted by molar-refractivity contribution is 5.87. The Morgan fingerprint density at radius 2 is 2.04 bits per heavy atom. The molecule has 4 rings (SSSR count). The second kappa shape index (κ2) is 6.92. The molecule has 0 saturated carbocycles. The largest absolute Gasteiger partial charge is 0.351 e. The van der Waals surface area contributed by atoms with Crippen molar-refractivity contribution >= 4 is 28.4 Å². The van der Waals surface area contributed by atoms with Crippen LogP contribution in [0.15, 0.2) is 30.3 Å². The van der Waals surface area contributed by atoms with E-state index in [4.69, 9.17) is 4.98 Å². The van der Waals surface area contributed by atoms with Crippen LogP contribution in [-0.4, -0.2) is 46.9 Å². The van der Waals surface area contributed by atoms with E-state index in [0.717, 1.165) is 54.8 Å². The first-order chi connectivity index (χ1) is 13.1. The van der Waals surface area contributed by atoms with Gasteiger partial charge in [-0.15, -0.1) is 0 Å². The van der Waals surface area contributed by atoms with Gasteiger partial charge in [0.05, 0.1) is 23.1 Å². The van der Waals surface area contributed by atoms with Crippen LogP contribution in [0.1, 0.15) is 30.9 Å². The van der Waals surface area contributed by atoms with Gasteiger partial charge in [0.2, 0.25) is 5.91 Å². The summed E-state index contributed by atoms with van der Waals surface area (Å²) in [5.41, 5.74) is 4.02. The molecule has 138 valence electrons. The molecule has 6 nitrogen and oxygen atoms in total. The molecule has 0 bridgehead atoms. The van der Waals surface area contributed by atoms with Crippen molar-refractivity contribution < 1.29 is 4.79 Å². The number of para-hydroxylation sites is 2. The Balaban J connectivity index is 1.86. The molecule has 0 aliphatic carbocycles. The van der Waals surface area contributed by atoms with E-state index < -0.39 is 0 Å². The quantitative estimate of drug-likeness (QED) is 0.717. The van der Waals surface area contributed by atoms with Gasteiger partial charge in [-0.25, -0.2) is 4.98 Å². The number of hydrogen-bond acceptors (Lipinski definition) is 4. The smallest absolute Gasteiger partial charge is 0.242 e. The molecule has 6 heteroatoms. The van der Waals surface area contributed by atoms with E-state index in [2.05, 4.69) is 6.07 Å².